The molecule has 0 saturated carbocycles. The van der Waals surface area contributed by atoms with Crippen molar-refractivity contribution in [3.63, 3.8) is 0 Å². The summed E-state index contributed by atoms with van der Waals surface area (Å²) in [5, 5.41) is 3.12. The number of benzene rings is 2. The second-order valence-electron chi connectivity index (χ2n) is 6.95. The van der Waals surface area contributed by atoms with Crippen LogP contribution >= 0.6 is 0 Å². The van der Waals surface area contributed by atoms with Gasteiger partial charge in [-0.1, -0.05) is 23.8 Å². The number of amides is 1. The lowest BCUT2D eigenvalue weighted by molar-refractivity contribution is 0.0938. The number of hydrogen-bond donors (Lipinski definition) is 1. The van der Waals surface area contributed by atoms with Crippen LogP contribution in [0.3, 0.4) is 0 Å². The van der Waals surface area contributed by atoms with E-state index in [1.54, 1.807) is 0 Å². The molecular formula is C21H24N2O3. The van der Waals surface area contributed by atoms with Crippen LogP contribution in [0.2, 0.25) is 0 Å². The molecule has 136 valence electrons. The van der Waals surface area contributed by atoms with Crippen LogP contribution in [0, 0.1) is 6.92 Å². The first kappa shape index (κ1) is 16.9. The maximum atomic E-state index is 12.6. The van der Waals surface area contributed by atoms with E-state index in [-0.39, 0.29) is 18.7 Å². The molecule has 1 saturated heterocycles. The minimum atomic E-state index is -0.0290. The zero-order valence-electron chi connectivity index (χ0n) is 15.0. The van der Waals surface area contributed by atoms with Crippen LogP contribution in [0.4, 0.5) is 0 Å². The highest BCUT2D eigenvalue weighted by molar-refractivity contribution is 5.94. The zero-order valence-corrected chi connectivity index (χ0v) is 15.0. The van der Waals surface area contributed by atoms with E-state index in [4.69, 9.17) is 9.47 Å². The van der Waals surface area contributed by atoms with E-state index in [0.29, 0.717) is 12.1 Å². The van der Waals surface area contributed by atoms with Crippen LogP contribution < -0.4 is 14.8 Å². The second kappa shape index (κ2) is 7.38. The summed E-state index contributed by atoms with van der Waals surface area (Å²) in [5.41, 5.74) is 2.95. The number of nitrogens with zero attached hydrogens (tertiary/aromatic N) is 1. The Labute approximate surface area is 153 Å². The maximum Gasteiger partial charge on any atom is 0.251 e. The lowest BCUT2D eigenvalue weighted by atomic mass is 10.0. The molecule has 1 N–H and O–H groups in total. The highest BCUT2D eigenvalue weighted by Crippen LogP contribution is 2.36. The number of ether oxygens (including phenoxy) is 2. The normalized spacial score (nSPS) is 17.3. The fourth-order valence-electron chi connectivity index (χ4n) is 3.71. The van der Waals surface area contributed by atoms with Gasteiger partial charge in [-0.3, -0.25) is 9.69 Å². The Kier molecular flexibility index (Phi) is 4.80. The van der Waals surface area contributed by atoms with Crippen molar-refractivity contribution in [1.29, 1.82) is 0 Å². The molecule has 2 aliphatic rings. The van der Waals surface area contributed by atoms with Crippen LogP contribution in [0.5, 0.6) is 11.5 Å². The van der Waals surface area contributed by atoms with Crippen molar-refractivity contribution in [1.82, 2.24) is 10.2 Å². The molecule has 2 aromatic rings. The summed E-state index contributed by atoms with van der Waals surface area (Å²) in [4.78, 5) is 15.0. The van der Waals surface area contributed by atoms with Crippen molar-refractivity contribution in [3.05, 3.63) is 59.2 Å². The van der Waals surface area contributed by atoms with Gasteiger partial charge >= 0.3 is 0 Å². The molecule has 1 atom stereocenters. The number of rotatable bonds is 5. The van der Waals surface area contributed by atoms with E-state index in [1.807, 2.05) is 43.3 Å². The molecule has 0 aliphatic carbocycles. The van der Waals surface area contributed by atoms with E-state index in [1.165, 1.54) is 12.8 Å². The number of nitrogens with one attached hydrogen (secondary N) is 1. The molecule has 2 aliphatic heterocycles. The first-order valence-electron chi connectivity index (χ1n) is 9.19. The molecule has 1 unspecified atom stereocenters. The van der Waals surface area contributed by atoms with Crippen molar-refractivity contribution in [3.8, 4) is 11.5 Å². The van der Waals surface area contributed by atoms with E-state index < -0.39 is 0 Å². The molecule has 0 bridgehead atoms. The highest BCUT2D eigenvalue weighted by Gasteiger charge is 2.26. The molecule has 0 radical (unpaired) electrons. The summed E-state index contributed by atoms with van der Waals surface area (Å²) >= 11 is 0. The van der Waals surface area contributed by atoms with Gasteiger partial charge in [0.05, 0.1) is 6.04 Å². The average Bonchev–Trinajstić information content (AvgIpc) is 3.33. The number of hydrogen-bond acceptors (Lipinski definition) is 4. The number of likely N-dealkylation sites (tertiary alicyclic amines) is 1. The van der Waals surface area contributed by atoms with E-state index in [9.17, 15) is 4.79 Å². The van der Waals surface area contributed by atoms with Gasteiger partial charge in [0.15, 0.2) is 11.5 Å². The van der Waals surface area contributed by atoms with Gasteiger partial charge in [0.1, 0.15) is 0 Å². The maximum absolute atomic E-state index is 12.6. The van der Waals surface area contributed by atoms with Crippen molar-refractivity contribution in [2.24, 2.45) is 0 Å². The second-order valence-corrected chi connectivity index (χ2v) is 6.95. The Morgan fingerprint density at radius 1 is 1.12 bits per heavy atom. The molecule has 1 fully saturated rings. The Hall–Kier alpha value is -2.53. The Bertz CT molecular complexity index is 800. The van der Waals surface area contributed by atoms with Gasteiger partial charge in [0.2, 0.25) is 6.79 Å². The van der Waals surface area contributed by atoms with Crippen LogP contribution in [-0.2, 0) is 0 Å². The summed E-state index contributed by atoms with van der Waals surface area (Å²) in [5.74, 6) is 1.55. The zero-order chi connectivity index (χ0) is 17.9. The minimum Gasteiger partial charge on any atom is -0.454 e. The molecule has 26 heavy (non-hydrogen) atoms. The molecule has 5 heteroatoms. The van der Waals surface area contributed by atoms with Gasteiger partial charge in [-0.05, 0) is 62.7 Å². The fraction of sp³-hybridized carbons (Fsp3) is 0.381. The van der Waals surface area contributed by atoms with E-state index in [2.05, 4.69) is 16.3 Å². The monoisotopic (exact) mass is 352 g/mol. The third kappa shape index (κ3) is 3.53. The number of fused-ring (bicyclic) bond motifs is 1. The highest BCUT2D eigenvalue weighted by atomic mass is 16.7. The third-order valence-corrected chi connectivity index (χ3v) is 5.10. The number of carbonyl (C=O) groups excluding carboxylic acids is 1. The van der Waals surface area contributed by atoms with E-state index in [0.717, 1.165) is 35.7 Å². The summed E-state index contributed by atoms with van der Waals surface area (Å²) in [7, 11) is 0. The van der Waals surface area contributed by atoms with Crippen LogP contribution in [0.15, 0.2) is 42.5 Å². The van der Waals surface area contributed by atoms with Gasteiger partial charge in [-0.2, -0.15) is 0 Å². The summed E-state index contributed by atoms with van der Waals surface area (Å²) in [6, 6.07) is 13.9. The van der Waals surface area contributed by atoms with Crippen molar-refractivity contribution in [2.45, 2.75) is 25.8 Å². The first-order chi connectivity index (χ1) is 12.7. The van der Waals surface area contributed by atoms with Gasteiger partial charge in [0, 0.05) is 12.1 Å². The molecule has 4 rings (SSSR count). The van der Waals surface area contributed by atoms with Crippen LogP contribution in [-0.4, -0.2) is 37.2 Å². The third-order valence-electron chi connectivity index (χ3n) is 5.10. The number of carbonyl (C=O) groups is 1. The summed E-state index contributed by atoms with van der Waals surface area (Å²) in [6.07, 6.45) is 2.40. The lowest BCUT2D eigenvalue weighted by Gasteiger charge is -2.28. The molecule has 0 spiro atoms. The molecule has 5 nitrogen and oxygen atoms in total. The van der Waals surface area contributed by atoms with Gasteiger partial charge in [-0.25, -0.2) is 0 Å². The van der Waals surface area contributed by atoms with E-state index >= 15 is 0 Å². The van der Waals surface area contributed by atoms with Crippen molar-refractivity contribution in [2.75, 3.05) is 26.4 Å². The average molecular weight is 352 g/mol. The molecule has 1 amide bonds. The topological polar surface area (TPSA) is 50.8 Å². The van der Waals surface area contributed by atoms with Crippen molar-refractivity contribution < 1.29 is 14.3 Å². The van der Waals surface area contributed by atoms with Gasteiger partial charge < -0.3 is 14.8 Å². The Morgan fingerprint density at radius 3 is 2.73 bits per heavy atom. The Balaban J connectivity index is 1.51. The predicted molar refractivity (Wildman–Crippen MR) is 99.6 cm³/mol. The smallest absolute Gasteiger partial charge is 0.251 e. The largest absolute Gasteiger partial charge is 0.454 e. The first-order valence-corrected chi connectivity index (χ1v) is 9.19. The summed E-state index contributed by atoms with van der Waals surface area (Å²) < 4.78 is 11.0. The number of aryl methyl sites for hydroxylation is 1. The van der Waals surface area contributed by atoms with Crippen molar-refractivity contribution >= 4 is 5.91 Å². The van der Waals surface area contributed by atoms with Crippen LogP contribution in [0.1, 0.15) is 40.4 Å². The standard InChI is InChI=1S/C21H24N2O3/c1-15-5-4-6-17(11-15)21(24)22-13-18(23-9-2-3-10-23)16-7-8-19-20(12-16)26-14-25-19/h4-8,11-12,18H,2-3,9-10,13-14H2,1H3,(H,22,24). The molecule has 2 aromatic carbocycles. The van der Waals surface area contributed by atoms with Gasteiger partial charge in [-0.15, -0.1) is 0 Å². The predicted octanol–water partition coefficient (Wildman–Crippen LogP) is 3.29. The molecule has 2 heterocycles. The van der Waals surface area contributed by atoms with Gasteiger partial charge in [0.25, 0.3) is 5.91 Å². The fourth-order valence-corrected chi connectivity index (χ4v) is 3.71. The lowest BCUT2D eigenvalue weighted by Crippen LogP contribution is -2.36. The Morgan fingerprint density at radius 2 is 1.92 bits per heavy atom. The SMILES string of the molecule is Cc1cccc(C(=O)NCC(c2ccc3c(c2)OCO3)N2CCCC2)c1. The quantitative estimate of drug-likeness (QED) is 0.897. The summed E-state index contributed by atoms with van der Waals surface area (Å²) in [6.45, 7) is 4.96. The molecular weight excluding hydrogens is 328 g/mol. The minimum absolute atomic E-state index is 0.0290. The van der Waals surface area contributed by atoms with Crippen LogP contribution in [0.25, 0.3) is 0 Å². The molecule has 0 aromatic heterocycles.